The molecule has 0 unspecified atom stereocenters. The van der Waals surface area contributed by atoms with Gasteiger partial charge in [-0.05, 0) is 31.0 Å². The van der Waals surface area contributed by atoms with Gasteiger partial charge in [-0.15, -0.1) is 11.3 Å². The third kappa shape index (κ3) is 4.90. The molecule has 1 amide bonds. The Bertz CT molecular complexity index is 1330. The maximum Gasteiger partial charge on any atom is 0.325 e. The second kappa shape index (κ2) is 9.95. The molecule has 33 heavy (non-hydrogen) atoms. The number of ether oxygens (including phenoxy) is 1. The van der Waals surface area contributed by atoms with Gasteiger partial charge in [0.2, 0.25) is 0 Å². The fraction of sp³-hybridized carbons (Fsp3) is 0.208. The van der Waals surface area contributed by atoms with Crippen LogP contribution in [0.2, 0.25) is 10.0 Å². The Hall–Kier alpha value is -2.87. The van der Waals surface area contributed by atoms with Crippen LogP contribution in [0.1, 0.15) is 21.1 Å². The number of H-pyrrole nitrogens is 1. The summed E-state index contributed by atoms with van der Waals surface area (Å²) in [6.07, 6.45) is 2.48. The Morgan fingerprint density at radius 1 is 1.15 bits per heavy atom. The number of hydrogen-bond acceptors (Lipinski definition) is 5. The van der Waals surface area contributed by atoms with Gasteiger partial charge in [-0.2, -0.15) is 0 Å². The van der Waals surface area contributed by atoms with E-state index < -0.39 is 5.97 Å². The smallest absolute Gasteiger partial charge is 0.325 e. The van der Waals surface area contributed by atoms with Crippen LogP contribution in [0, 0.1) is 6.92 Å². The molecule has 0 atom stereocenters. The molecule has 0 aliphatic heterocycles. The van der Waals surface area contributed by atoms with E-state index >= 15 is 0 Å². The van der Waals surface area contributed by atoms with Crippen LogP contribution in [0.4, 0.5) is 0 Å². The van der Waals surface area contributed by atoms with Crippen molar-refractivity contribution in [2.24, 2.45) is 0 Å². The number of carbonyl (C=O) groups excluding carboxylic acids is 2. The molecular formula is C24H21Cl2N3O3S. The van der Waals surface area contributed by atoms with Gasteiger partial charge in [-0.3, -0.25) is 9.59 Å². The molecule has 0 spiro atoms. The summed E-state index contributed by atoms with van der Waals surface area (Å²) in [6.45, 7) is 1.95. The van der Waals surface area contributed by atoms with Gasteiger partial charge >= 0.3 is 5.97 Å². The molecule has 2 heterocycles. The predicted molar refractivity (Wildman–Crippen MR) is 132 cm³/mol. The van der Waals surface area contributed by atoms with Crippen LogP contribution in [-0.2, 0) is 16.0 Å². The number of aryl methyl sites for hydroxylation is 1. The monoisotopic (exact) mass is 501 g/mol. The van der Waals surface area contributed by atoms with Crippen molar-refractivity contribution in [2.75, 3.05) is 20.2 Å². The van der Waals surface area contributed by atoms with Crippen LogP contribution in [0.25, 0.3) is 21.3 Å². The van der Waals surface area contributed by atoms with Gasteiger partial charge in [0.15, 0.2) is 0 Å². The third-order valence-corrected chi connectivity index (χ3v) is 7.12. The fourth-order valence-electron chi connectivity index (χ4n) is 3.65. The molecule has 0 bridgehead atoms. The van der Waals surface area contributed by atoms with Crippen molar-refractivity contribution in [3.05, 3.63) is 75.0 Å². The number of para-hydroxylation sites is 1. The first-order valence-electron chi connectivity index (χ1n) is 10.2. The standard InChI is InChI=1S/C24H21Cl2N3O3S/c1-14-28-22(23(33-14)17-7-5-8-18(25)21(17)26)24(31)29(13-20(30)32-2)11-10-15-12-27-19-9-4-3-6-16(15)19/h3-9,12,27H,10-11,13H2,1-2H3. The number of aromatic nitrogens is 2. The Kier molecular flexibility index (Phi) is 7.02. The number of halogens is 2. The lowest BCUT2D eigenvalue weighted by Crippen LogP contribution is -2.38. The number of carbonyl (C=O) groups is 2. The molecule has 0 saturated heterocycles. The SMILES string of the molecule is COC(=O)CN(CCc1c[nH]c2ccccc12)C(=O)c1nc(C)sc1-c1cccc(Cl)c1Cl. The molecule has 1 N–H and O–H groups in total. The number of aromatic amines is 1. The van der Waals surface area contributed by atoms with Gasteiger partial charge in [0, 0.05) is 29.2 Å². The average Bonchev–Trinajstić information content (AvgIpc) is 3.41. The van der Waals surface area contributed by atoms with Crippen molar-refractivity contribution >= 4 is 57.3 Å². The van der Waals surface area contributed by atoms with Crippen LogP contribution >= 0.6 is 34.5 Å². The summed E-state index contributed by atoms with van der Waals surface area (Å²) in [6, 6.07) is 13.2. The van der Waals surface area contributed by atoms with Crippen LogP contribution in [0.3, 0.4) is 0 Å². The predicted octanol–water partition coefficient (Wildman–Crippen LogP) is 5.76. The number of fused-ring (bicyclic) bond motifs is 1. The lowest BCUT2D eigenvalue weighted by atomic mass is 10.1. The van der Waals surface area contributed by atoms with Crippen LogP contribution in [-0.4, -0.2) is 46.9 Å². The quantitative estimate of drug-likeness (QED) is 0.326. The van der Waals surface area contributed by atoms with Crippen molar-refractivity contribution in [3.8, 4) is 10.4 Å². The van der Waals surface area contributed by atoms with Gasteiger partial charge in [-0.1, -0.05) is 53.5 Å². The number of rotatable bonds is 7. The Morgan fingerprint density at radius 3 is 2.73 bits per heavy atom. The van der Waals surface area contributed by atoms with Crippen LogP contribution < -0.4 is 0 Å². The number of thiazole rings is 1. The zero-order chi connectivity index (χ0) is 23.5. The van der Waals surface area contributed by atoms with E-state index in [-0.39, 0.29) is 18.1 Å². The highest BCUT2D eigenvalue weighted by Crippen LogP contribution is 2.38. The number of amides is 1. The maximum absolute atomic E-state index is 13.6. The summed E-state index contributed by atoms with van der Waals surface area (Å²) >= 11 is 14.0. The number of methoxy groups -OCH3 is 1. The lowest BCUT2D eigenvalue weighted by molar-refractivity contribution is -0.141. The maximum atomic E-state index is 13.6. The Balaban J connectivity index is 1.66. The van der Waals surface area contributed by atoms with Crippen molar-refractivity contribution in [1.29, 1.82) is 0 Å². The molecule has 0 aliphatic carbocycles. The van der Waals surface area contributed by atoms with Gasteiger partial charge in [-0.25, -0.2) is 4.98 Å². The summed E-state index contributed by atoms with van der Waals surface area (Å²) in [5.41, 5.74) is 2.95. The first-order chi connectivity index (χ1) is 15.9. The summed E-state index contributed by atoms with van der Waals surface area (Å²) in [7, 11) is 1.30. The zero-order valence-electron chi connectivity index (χ0n) is 18.0. The van der Waals surface area contributed by atoms with Crippen molar-refractivity contribution in [2.45, 2.75) is 13.3 Å². The number of nitrogens with one attached hydrogen (secondary N) is 1. The number of nitrogens with zero attached hydrogens (tertiary/aromatic N) is 2. The highest BCUT2D eigenvalue weighted by molar-refractivity contribution is 7.15. The molecule has 4 rings (SSSR count). The van der Waals surface area contributed by atoms with Crippen molar-refractivity contribution in [3.63, 3.8) is 0 Å². The molecule has 0 radical (unpaired) electrons. The third-order valence-electron chi connectivity index (χ3n) is 5.29. The average molecular weight is 502 g/mol. The summed E-state index contributed by atoms with van der Waals surface area (Å²) in [5.74, 6) is -0.868. The van der Waals surface area contributed by atoms with E-state index in [1.165, 1.54) is 23.3 Å². The summed E-state index contributed by atoms with van der Waals surface area (Å²) < 4.78 is 4.83. The van der Waals surface area contributed by atoms with Crippen molar-refractivity contribution in [1.82, 2.24) is 14.9 Å². The molecular weight excluding hydrogens is 481 g/mol. The fourth-order valence-corrected chi connectivity index (χ4v) is 5.04. The first kappa shape index (κ1) is 23.3. The van der Waals surface area contributed by atoms with Gasteiger partial charge < -0.3 is 14.6 Å². The van der Waals surface area contributed by atoms with E-state index in [1.54, 1.807) is 18.2 Å². The molecule has 0 aliphatic rings. The summed E-state index contributed by atoms with van der Waals surface area (Å²) in [5, 5.41) is 2.54. The number of esters is 1. The van der Waals surface area contributed by atoms with Crippen LogP contribution in [0.5, 0.6) is 0 Å². The first-order valence-corrected chi connectivity index (χ1v) is 11.8. The molecule has 170 valence electrons. The van der Waals surface area contributed by atoms with E-state index in [2.05, 4.69) is 9.97 Å². The number of benzene rings is 2. The minimum atomic E-state index is -0.503. The van der Waals surface area contributed by atoms with E-state index in [1.807, 2.05) is 37.4 Å². The summed E-state index contributed by atoms with van der Waals surface area (Å²) in [4.78, 5) is 35.5. The second-order valence-corrected chi connectivity index (χ2v) is 9.41. The minimum absolute atomic E-state index is 0.184. The molecule has 0 fully saturated rings. The molecule has 0 saturated carbocycles. The highest BCUT2D eigenvalue weighted by Gasteiger charge is 2.27. The Morgan fingerprint density at radius 2 is 1.94 bits per heavy atom. The minimum Gasteiger partial charge on any atom is -0.468 e. The normalized spacial score (nSPS) is 11.0. The van der Waals surface area contributed by atoms with Crippen molar-refractivity contribution < 1.29 is 14.3 Å². The molecule has 2 aromatic heterocycles. The molecule has 9 heteroatoms. The molecule has 4 aromatic rings. The largest absolute Gasteiger partial charge is 0.468 e. The number of hydrogen-bond donors (Lipinski definition) is 1. The van der Waals surface area contributed by atoms with Crippen LogP contribution in [0.15, 0.2) is 48.7 Å². The molecule has 6 nitrogen and oxygen atoms in total. The zero-order valence-corrected chi connectivity index (χ0v) is 20.4. The van der Waals surface area contributed by atoms with E-state index in [0.29, 0.717) is 38.5 Å². The van der Waals surface area contributed by atoms with Gasteiger partial charge in [0.05, 0.1) is 27.0 Å². The lowest BCUT2D eigenvalue weighted by Gasteiger charge is -2.21. The highest BCUT2D eigenvalue weighted by atomic mass is 35.5. The second-order valence-electron chi connectivity index (χ2n) is 7.42. The van der Waals surface area contributed by atoms with E-state index in [4.69, 9.17) is 27.9 Å². The molecule has 2 aromatic carbocycles. The van der Waals surface area contributed by atoms with E-state index in [9.17, 15) is 9.59 Å². The topological polar surface area (TPSA) is 75.3 Å². The Labute approximate surface area is 205 Å². The van der Waals surface area contributed by atoms with Gasteiger partial charge in [0.1, 0.15) is 12.2 Å². The van der Waals surface area contributed by atoms with E-state index in [0.717, 1.165) is 16.5 Å². The van der Waals surface area contributed by atoms with Gasteiger partial charge in [0.25, 0.3) is 5.91 Å².